The highest BCUT2D eigenvalue weighted by Crippen LogP contribution is 2.22. The van der Waals surface area contributed by atoms with Gasteiger partial charge in [-0.3, -0.25) is 13.8 Å². The second-order valence-corrected chi connectivity index (χ2v) is 9.81. The third-order valence-electron chi connectivity index (χ3n) is 4.50. The van der Waals surface area contributed by atoms with Crippen LogP contribution in [0.5, 0.6) is 0 Å². The molecule has 0 aliphatic carbocycles. The summed E-state index contributed by atoms with van der Waals surface area (Å²) in [5.74, 6) is -2.00. The van der Waals surface area contributed by atoms with Crippen molar-refractivity contribution in [2.75, 3.05) is 11.5 Å². The molecule has 0 rings (SSSR count). The summed E-state index contributed by atoms with van der Waals surface area (Å²) in [7, 11) is -1.72. The molecule has 0 saturated carbocycles. The molecule has 0 spiro atoms. The van der Waals surface area contributed by atoms with Gasteiger partial charge in [-0.1, -0.05) is 36.5 Å². The van der Waals surface area contributed by atoms with Crippen LogP contribution in [0.25, 0.3) is 0 Å². The average molecular weight is 439 g/mol. The minimum absolute atomic E-state index is 0.371. The SMILES string of the molecule is C=CC(C)(CCC=C(C)C)OC(=O)CS(=O)CC(=O)OC(C)(C=C)CCC=C(C)C. The summed E-state index contributed by atoms with van der Waals surface area (Å²) in [5, 5.41) is 0. The van der Waals surface area contributed by atoms with Crippen molar-refractivity contribution in [3.8, 4) is 0 Å². The van der Waals surface area contributed by atoms with Crippen LogP contribution in [-0.2, 0) is 29.9 Å². The Labute approximate surface area is 184 Å². The molecule has 30 heavy (non-hydrogen) atoms. The summed E-state index contributed by atoms with van der Waals surface area (Å²) >= 11 is 0. The molecule has 170 valence electrons. The molecule has 2 atom stereocenters. The lowest BCUT2D eigenvalue weighted by Gasteiger charge is -2.26. The second-order valence-electron chi connectivity index (χ2n) is 8.35. The summed E-state index contributed by atoms with van der Waals surface area (Å²) in [6.07, 6.45) is 9.87. The molecular formula is C24H38O5S. The van der Waals surface area contributed by atoms with E-state index < -0.39 is 33.9 Å². The van der Waals surface area contributed by atoms with Crippen molar-refractivity contribution < 1.29 is 23.3 Å². The Hall–Kier alpha value is -1.95. The zero-order valence-corrected chi connectivity index (χ0v) is 20.2. The van der Waals surface area contributed by atoms with Crippen LogP contribution in [0, 0.1) is 0 Å². The van der Waals surface area contributed by atoms with Gasteiger partial charge in [0.2, 0.25) is 0 Å². The first-order valence-electron chi connectivity index (χ1n) is 10.2. The van der Waals surface area contributed by atoms with E-state index in [1.807, 2.05) is 27.7 Å². The van der Waals surface area contributed by atoms with Gasteiger partial charge in [0, 0.05) is 10.8 Å². The number of ether oxygens (including phenoxy) is 2. The lowest BCUT2D eigenvalue weighted by molar-refractivity contribution is -0.151. The zero-order chi connectivity index (χ0) is 23.4. The fourth-order valence-electron chi connectivity index (χ4n) is 2.58. The van der Waals surface area contributed by atoms with E-state index in [-0.39, 0.29) is 11.5 Å². The van der Waals surface area contributed by atoms with Crippen LogP contribution in [0.3, 0.4) is 0 Å². The maximum absolute atomic E-state index is 12.3. The van der Waals surface area contributed by atoms with Crippen molar-refractivity contribution in [2.45, 2.75) is 78.4 Å². The van der Waals surface area contributed by atoms with E-state index in [0.29, 0.717) is 12.8 Å². The van der Waals surface area contributed by atoms with E-state index in [1.165, 1.54) is 11.1 Å². The Bertz CT molecular complexity index is 640. The van der Waals surface area contributed by atoms with Crippen molar-refractivity contribution in [3.63, 3.8) is 0 Å². The number of hydrogen-bond acceptors (Lipinski definition) is 5. The Morgan fingerprint density at radius 1 is 0.800 bits per heavy atom. The molecule has 0 aliphatic rings. The van der Waals surface area contributed by atoms with Gasteiger partial charge in [-0.05, 0) is 79.4 Å². The normalized spacial score (nSPS) is 15.5. The number of allylic oxidation sites excluding steroid dienone is 4. The maximum atomic E-state index is 12.3. The van der Waals surface area contributed by atoms with Crippen molar-refractivity contribution in [3.05, 3.63) is 48.6 Å². The minimum atomic E-state index is -1.72. The van der Waals surface area contributed by atoms with Gasteiger partial charge in [-0.15, -0.1) is 0 Å². The number of esters is 2. The number of rotatable bonds is 14. The van der Waals surface area contributed by atoms with Crippen LogP contribution >= 0.6 is 0 Å². The van der Waals surface area contributed by atoms with E-state index in [2.05, 4.69) is 25.3 Å². The van der Waals surface area contributed by atoms with E-state index in [0.717, 1.165) is 12.8 Å². The second kappa shape index (κ2) is 13.4. The van der Waals surface area contributed by atoms with Crippen LogP contribution in [0.1, 0.15) is 67.2 Å². The smallest absolute Gasteiger partial charge is 0.319 e. The van der Waals surface area contributed by atoms with Crippen molar-refractivity contribution in [2.24, 2.45) is 0 Å². The Morgan fingerprint density at radius 3 is 1.40 bits per heavy atom. The molecule has 0 aromatic heterocycles. The molecule has 0 aliphatic heterocycles. The largest absolute Gasteiger partial charge is 0.454 e. The van der Waals surface area contributed by atoms with Crippen molar-refractivity contribution in [1.29, 1.82) is 0 Å². The van der Waals surface area contributed by atoms with Crippen LogP contribution in [0.2, 0.25) is 0 Å². The molecule has 0 amide bonds. The van der Waals surface area contributed by atoms with Crippen LogP contribution < -0.4 is 0 Å². The molecule has 6 heteroatoms. The quantitative estimate of drug-likeness (QED) is 0.275. The van der Waals surface area contributed by atoms with Gasteiger partial charge in [-0.25, -0.2) is 0 Å². The van der Waals surface area contributed by atoms with Gasteiger partial charge in [0.1, 0.15) is 22.7 Å². The van der Waals surface area contributed by atoms with Gasteiger partial charge in [-0.2, -0.15) is 0 Å². The molecular weight excluding hydrogens is 400 g/mol. The highest BCUT2D eigenvalue weighted by Gasteiger charge is 2.28. The Kier molecular flexibility index (Phi) is 12.5. The molecule has 0 radical (unpaired) electrons. The average Bonchev–Trinajstić information content (AvgIpc) is 2.60. The van der Waals surface area contributed by atoms with Crippen LogP contribution in [0.4, 0.5) is 0 Å². The maximum Gasteiger partial charge on any atom is 0.319 e. The predicted molar refractivity (Wildman–Crippen MR) is 125 cm³/mol. The first-order valence-corrected chi connectivity index (χ1v) is 11.7. The van der Waals surface area contributed by atoms with Crippen molar-refractivity contribution in [1.82, 2.24) is 0 Å². The standard InChI is InChI=1S/C24H38O5S/c1-9-23(7,15-11-13-19(3)4)28-21(25)17-30(27)18-22(26)29-24(8,10-2)16-12-14-20(5)6/h9-10,13-14H,1-2,11-12,15-18H2,3-8H3. The first-order chi connectivity index (χ1) is 13.8. The van der Waals surface area contributed by atoms with E-state index >= 15 is 0 Å². The van der Waals surface area contributed by atoms with Gasteiger partial charge < -0.3 is 9.47 Å². The summed E-state index contributed by atoms with van der Waals surface area (Å²) in [6.45, 7) is 19.0. The summed E-state index contributed by atoms with van der Waals surface area (Å²) in [4.78, 5) is 24.4. The molecule has 0 N–H and O–H groups in total. The summed E-state index contributed by atoms with van der Waals surface area (Å²) in [6, 6.07) is 0. The highest BCUT2D eigenvalue weighted by molar-refractivity contribution is 7.86. The van der Waals surface area contributed by atoms with E-state index in [1.54, 1.807) is 26.0 Å². The predicted octanol–water partition coefficient (Wildman–Crippen LogP) is 5.20. The van der Waals surface area contributed by atoms with Crippen molar-refractivity contribution >= 4 is 22.7 Å². The van der Waals surface area contributed by atoms with Gasteiger partial charge in [0.15, 0.2) is 0 Å². The third-order valence-corrected chi connectivity index (χ3v) is 5.62. The number of carbonyl (C=O) groups is 2. The fourth-order valence-corrected chi connectivity index (χ4v) is 3.32. The lowest BCUT2D eigenvalue weighted by Crippen LogP contribution is -2.34. The molecule has 5 nitrogen and oxygen atoms in total. The molecule has 0 bridgehead atoms. The Morgan fingerprint density at radius 2 is 1.13 bits per heavy atom. The lowest BCUT2D eigenvalue weighted by atomic mass is 9.99. The van der Waals surface area contributed by atoms with Crippen LogP contribution in [-0.4, -0.2) is 38.9 Å². The van der Waals surface area contributed by atoms with Gasteiger partial charge >= 0.3 is 11.9 Å². The van der Waals surface area contributed by atoms with Crippen LogP contribution in [0.15, 0.2) is 48.6 Å². The van der Waals surface area contributed by atoms with E-state index in [9.17, 15) is 13.8 Å². The number of hydrogen-bond donors (Lipinski definition) is 0. The van der Waals surface area contributed by atoms with Gasteiger partial charge in [0.25, 0.3) is 0 Å². The number of carbonyl (C=O) groups excluding carboxylic acids is 2. The zero-order valence-electron chi connectivity index (χ0n) is 19.4. The molecule has 0 heterocycles. The summed E-state index contributed by atoms with van der Waals surface area (Å²) < 4.78 is 23.2. The van der Waals surface area contributed by atoms with E-state index in [4.69, 9.17) is 9.47 Å². The third kappa shape index (κ3) is 12.6. The first kappa shape index (κ1) is 28.1. The minimum Gasteiger partial charge on any atom is -0.454 e. The molecule has 0 aromatic carbocycles. The molecule has 0 fully saturated rings. The summed E-state index contributed by atoms with van der Waals surface area (Å²) in [5.41, 5.74) is 0.666. The molecule has 2 unspecified atom stereocenters. The topological polar surface area (TPSA) is 69.7 Å². The fraction of sp³-hybridized carbons (Fsp3) is 0.583. The molecule has 0 saturated heterocycles. The molecule has 0 aromatic rings. The van der Waals surface area contributed by atoms with Gasteiger partial charge in [0.05, 0.1) is 0 Å². The monoisotopic (exact) mass is 438 g/mol. The highest BCUT2D eigenvalue weighted by atomic mass is 32.2. The Balaban J connectivity index is 4.68.